The summed E-state index contributed by atoms with van der Waals surface area (Å²) in [6.45, 7) is 0. The van der Waals surface area contributed by atoms with Gasteiger partial charge in [-0.2, -0.15) is 5.26 Å². The molecule has 0 aliphatic carbocycles. The van der Waals surface area contributed by atoms with E-state index in [4.69, 9.17) is 4.74 Å². The second-order valence-electron chi connectivity index (χ2n) is 6.58. The summed E-state index contributed by atoms with van der Waals surface area (Å²) in [4.78, 5) is 37.3. The molecule has 2 amide bonds. The number of nitrogens with zero attached hydrogens (tertiary/aromatic N) is 1. The molecule has 1 aliphatic heterocycles. The minimum atomic E-state index is -1.22. The minimum Gasteiger partial charge on any atom is -0.468 e. The van der Waals surface area contributed by atoms with Gasteiger partial charge in [0.2, 0.25) is 11.8 Å². The number of allylic oxidation sites excluding steroid dienone is 1. The van der Waals surface area contributed by atoms with E-state index in [1.54, 1.807) is 30.3 Å². The maximum absolute atomic E-state index is 13.0. The number of hydrogen-bond acceptors (Lipinski definition) is 6. The number of thioether (sulfide) groups is 1. The van der Waals surface area contributed by atoms with Crippen molar-refractivity contribution < 1.29 is 23.5 Å². The van der Waals surface area contributed by atoms with Crippen molar-refractivity contribution in [2.75, 3.05) is 18.2 Å². The second kappa shape index (κ2) is 9.91. The molecule has 2 aromatic carbocycles. The summed E-state index contributed by atoms with van der Waals surface area (Å²) in [7, 11) is 1.18. The summed E-state index contributed by atoms with van der Waals surface area (Å²) in [5.41, 5.74) is 1.20. The summed E-state index contributed by atoms with van der Waals surface area (Å²) in [5.74, 6) is -4.36. The summed E-state index contributed by atoms with van der Waals surface area (Å²) in [5, 5.41) is 15.2. The molecule has 0 aromatic heterocycles. The number of esters is 1. The molecule has 0 saturated carbocycles. The lowest BCUT2D eigenvalue weighted by molar-refractivity contribution is -0.150. The highest BCUT2D eigenvalue weighted by atomic mass is 32.2. The van der Waals surface area contributed by atoms with Gasteiger partial charge in [-0.15, -0.1) is 0 Å². The molecule has 0 saturated heterocycles. The van der Waals surface area contributed by atoms with Crippen LogP contribution in [0.2, 0.25) is 0 Å². The monoisotopic (exact) mass is 439 g/mol. The van der Waals surface area contributed by atoms with E-state index in [1.165, 1.54) is 31.4 Å². The van der Waals surface area contributed by atoms with E-state index in [0.29, 0.717) is 11.3 Å². The molecule has 31 heavy (non-hydrogen) atoms. The topological polar surface area (TPSA) is 108 Å². The zero-order valence-corrected chi connectivity index (χ0v) is 17.2. The average Bonchev–Trinajstić information content (AvgIpc) is 2.78. The first-order valence-electron chi connectivity index (χ1n) is 9.20. The van der Waals surface area contributed by atoms with Crippen molar-refractivity contribution in [1.29, 1.82) is 5.26 Å². The highest BCUT2D eigenvalue weighted by Gasteiger charge is 2.44. The quantitative estimate of drug-likeness (QED) is 0.529. The Morgan fingerprint density at radius 1 is 1.19 bits per heavy atom. The number of hydrogen-bond donors (Lipinski definition) is 2. The predicted octanol–water partition coefficient (Wildman–Crippen LogP) is 2.94. The Kier molecular flexibility index (Phi) is 7.05. The van der Waals surface area contributed by atoms with Crippen LogP contribution in [0.4, 0.5) is 10.1 Å². The van der Waals surface area contributed by atoms with Crippen LogP contribution in [0.1, 0.15) is 11.5 Å². The molecule has 0 bridgehead atoms. The third-order valence-electron chi connectivity index (χ3n) is 4.62. The van der Waals surface area contributed by atoms with Crippen LogP contribution in [0.25, 0.3) is 0 Å². The lowest BCUT2D eigenvalue weighted by Gasteiger charge is -2.30. The molecule has 0 radical (unpaired) electrons. The van der Waals surface area contributed by atoms with Gasteiger partial charge in [0.25, 0.3) is 0 Å². The maximum Gasteiger partial charge on any atom is 0.319 e. The predicted molar refractivity (Wildman–Crippen MR) is 113 cm³/mol. The largest absolute Gasteiger partial charge is 0.468 e. The van der Waals surface area contributed by atoms with Crippen molar-refractivity contribution in [3.8, 4) is 6.07 Å². The molecule has 2 atom stereocenters. The second-order valence-corrected chi connectivity index (χ2v) is 7.56. The van der Waals surface area contributed by atoms with Crippen LogP contribution < -0.4 is 10.6 Å². The molecule has 7 nitrogen and oxygen atoms in total. The third kappa shape index (κ3) is 5.10. The third-order valence-corrected chi connectivity index (χ3v) is 5.64. The van der Waals surface area contributed by atoms with E-state index in [1.807, 2.05) is 0 Å². The lowest BCUT2D eigenvalue weighted by Crippen LogP contribution is -2.44. The Balaban J connectivity index is 1.85. The van der Waals surface area contributed by atoms with E-state index in [0.717, 1.165) is 11.8 Å². The number of halogens is 1. The normalized spacial score (nSPS) is 18.0. The summed E-state index contributed by atoms with van der Waals surface area (Å²) >= 11 is 0.971. The molecule has 2 N–H and O–H groups in total. The number of anilines is 1. The molecule has 1 heterocycles. The van der Waals surface area contributed by atoms with Crippen LogP contribution in [0.3, 0.4) is 0 Å². The SMILES string of the molecule is COC(=O)[C@H]1C(=O)NC(SCC(=O)Nc2ccc(F)cc2)=C(C#N)[C@@H]1c1ccccc1. The van der Waals surface area contributed by atoms with E-state index >= 15 is 0 Å². The molecular weight excluding hydrogens is 421 g/mol. The van der Waals surface area contributed by atoms with Gasteiger partial charge in [0, 0.05) is 11.6 Å². The number of rotatable bonds is 6. The van der Waals surface area contributed by atoms with Gasteiger partial charge in [-0.05, 0) is 29.8 Å². The zero-order valence-electron chi connectivity index (χ0n) is 16.4. The number of ether oxygens (including phenoxy) is 1. The number of carbonyl (C=O) groups is 3. The fourth-order valence-corrected chi connectivity index (χ4v) is 4.06. The molecule has 0 unspecified atom stereocenters. The summed E-state index contributed by atoms with van der Waals surface area (Å²) < 4.78 is 17.8. The lowest BCUT2D eigenvalue weighted by atomic mass is 9.78. The molecular formula is C22H18FN3O4S. The van der Waals surface area contributed by atoms with Crippen molar-refractivity contribution in [3.05, 3.63) is 76.6 Å². The Bertz CT molecular complexity index is 1060. The van der Waals surface area contributed by atoms with Crippen molar-refractivity contribution in [2.24, 2.45) is 5.92 Å². The van der Waals surface area contributed by atoms with Crippen molar-refractivity contribution in [1.82, 2.24) is 5.32 Å². The van der Waals surface area contributed by atoms with Gasteiger partial charge in [-0.1, -0.05) is 42.1 Å². The van der Waals surface area contributed by atoms with Crippen LogP contribution >= 0.6 is 11.8 Å². The summed E-state index contributed by atoms with van der Waals surface area (Å²) in [6.07, 6.45) is 0. The van der Waals surface area contributed by atoms with Gasteiger partial charge in [-0.25, -0.2) is 4.39 Å². The van der Waals surface area contributed by atoms with Gasteiger partial charge in [0.1, 0.15) is 11.7 Å². The Morgan fingerprint density at radius 2 is 1.87 bits per heavy atom. The highest BCUT2D eigenvalue weighted by molar-refractivity contribution is 8.03. The first-order chi connectivity index (χ1) is 14.9. The van der Waals surface area contributed by atoms with Crippen molar-refractivity contribution in [3.63, 3.8) is 0 Å². The van der Waals surface area contributed by atoms with Gasteiger partial charge < -0.3 is 15.4 Å². The Labute approximate surface area is 182 Å². The van der Waals surface area contributed by atoms with Crippen LogP contribution in [-0.2, 0) is 19.1 Å². The molecule has 158 valence electrons. The van der Waals surface area contributed by atoms with Gasteiger partial charge in [-0.3, -0.25) is 14.4 Å². The Hall–Kier alpha value is -3.64. The van der Waals surface area contributed by atoms with E-state index in [-0.39, 0.29) is 16.4 Å². The average molecular weight is 439 g/mol. The van der Waals surface area contributed by atoms with Gasteiger partial charge in [0.15, 0.2) is 0 Å². The van der Waals surface area contributed by atoms with Crippen LogP contribution in [-0.4, -0.2) is 30.6 Å². The first kappa shape index (κ1) is 22.1. The molecule has 2 aromatic rings. The fraction of sp³-hybridized carbons (Fsp3) is 0.182. The van der Waals surface area contributed by atoms with Crippen LogP contribution in [0.15, 0.2) is 65.2 Å². The van der Waals surface area contributed by atoms with Crippen molar-refractivity contribution >= 4 is 35.2 Å². The molecule has 0 fully saturated rings. The smallest absolute Gasteiger partial charge is 0.319 e. The molecule has 9 heteroatoms. The number of methoxy groups -OCH3 is 1. The van der Waals surface area contributed by atoms with Gasteiger partial charge in [0.05, 0.1) is 29.5 Å². The van der Waals surface area contributed by atoms with Crippen LogP contribution in [0, 0.1) is 23.1 Å². The van der Waals surface area contributed by atoms with Crippen molar-refractivity contribution in [2.45, 2.75) is 5.92 Å². The van der Waals surface area contributed by atoms with E-state index in [2.05, 4.69) is 16.7 Å². The fourth-order valence-electron chi connectivity index (χ4n) is 3.21. The Morgan fingerprint density at radius 3 is 2.48 bits per heavy atom. The van der Waals surface area contributed by atoms with Gasteiger partial charge >= 0.3 is 5.97 Å². The van der Waals surface area contributed by atoms with E-state index < -0.39 is 35.4 Å². The highest BCUT2D eigenvalue weighted by Crippen LogP contribution is 2.40. The maximum atomic E-state index is 13.0. The standard InChI is InChI=1S/C22H18FN3O4S/c1-30-22(29)19-18(13-5-3-2-4-6-13)16(11-24)21(26-20(19)28)31-12-17(27)25-15-9-7-14(23)8-10-15/h2-10,18-19H,12H2,1H3,(H,25,27)(H,26,28)/t18-,19+/m0/s1. The number of nitrogens with one attached hydrogen (secondary N) is 2. The molecule has 0 spiro atoms. The number of nitriles is 1. The molecule has 3 rings (SSSR count). The molecule has 1 aliphatic rings. The number of benzene rings is 2. The van der Waals surface area contributed by atoms with Crippen LogP contribution in [0.5, 0.6) is 0 Å². The number of carbonyl (C=O) groups excluding carboxylic acids is 3. The zero-order chi connectivity index (χ0) is 22.4. The summed E-state index contributed by atoms with van der Waals surface area (Å²) in [6, 6.07) is 16.1. The minimum absolute atomic E-state index is 0.109. The number of amides is 2. The first-order valence-corrected chi connectivity index (χ1v) is 10.2. The van der Waals surface area contributed by atoms with E-state index in [9.17, 15) is 24.0 Å².